The first kappa shape index (κ1) is 34.7. The molecule has 274 valence electrons. The van der Waals surface area contributed by atoms with E-state index in [0.29, 0.717) is 24.1 Å². The zero-order chi connectivity index (χ0) is 36.5. The van der Waals surface area contributed by atoms with Crippen LogP contribution in [0, 0.1) is 0 Å². The van der Waals surface area contributed by atoms with E-state index in [4.69, 9.17) is 4.74 Å². The smallest absolute Gasteiger partial charge is 0.264 e. The Labute approximate surface area is 305 Å². The summed E-state index contributed by atoms with van der Waals surface area (Å²) in [6, 6.07) is 12.3. The molecule has 2 aromatic carbocycles. The maximum absolute atomic E-state index is 14.4. The van der Waals surface area contributed by atoms with Crippen molar-refractivity contribution in [1.29, 1.82) is 0 Å². The minimum absolute atomic E-state index is 0.00756. The lowest BCUT2D eigenvalue weighted by Crippen LogP contribution is -2.48. The molecule has 3 aliphatic heterocycles. The molecule has 8 rings (SSSR count). The number of sulfonamides is 1. The number of piperazine rings is 1. The summed E-state index contributed by atoms with van der Waals surface area (Å²) < 4.78 is 37.5. The first-order valence-electron chi connectivity index (χ1n) is 18.7. The number of hydrogen-bond donors (Lipinski definition) is 1. The van der Waals surface area contributed by atoms with Gasteiger partial charge in [-0.3, -0.25) is 19.2 Å². The van der Waals surface area contributed by atoms with Crippen LogP contribution in [0.5, 0.6) is 5.75 Å². The van der Waals surface area contributed by atoms with Gasteiger partial charge in [-0.15, -0.1) is 0 Å². The van der Waals surface area contributed by atoms with Crippen LogP contribution in [0.3, 0.4) is 0 Å². The topological polar surface area (TPSA) is 119 Å². The van der Waals surface area contributed by atoms with Crippen LogP contribution < -0.4 is 9.46 Å². The zero-order valence-electron chi connectivity index (χ0n) is 30.7. The van der Waals surface area contributed by atoms with Gasteiger partial charge in [0, 0.05) is 54.3 Å². The number of aromatic nitrogens is 3. The van der Waals surface area contributed by atoms with Gasteiger partial charge in [-0.2, -0.15) is 5.10 Å². The fraction of sp³-hybridized carbons (Fsp3) is 0.475. The summed E-state index contributed by atoms with van der Waals surface area (Å²) in [5.41, 5.74) is 7.77. The predicted molar refractivity (Wildman–Crippen MR) is 203 cm³/mol. The van der Waals surface area contributed by atoms with Gasteiger partial charge in [-0.25, -0.2) is 13.1 Å². The van der Waals surface area contributed by atoms with Crippen LogP contribution in [-0.4, -0.2) is 88.5 Å². The van der Waals surface area contributed by atoms with Gasteiger partial charge in [0.05, 0.1) is 42.1 Å². The molecule has 2 amide bonds. The summed E-state index contributed by atoms with van der Waals surface area (Å²) in [6.45, 7) is 8.31. The first-order valence-corrected chi connectivity index (χ1v) is 20.2. The third-order valence-electron chi connectivity index (χ3n) is 11.9. The van der Waals surface area contributed by atoms with Crippen molar-refractivity contribution >= 4 is 44.4 Å². The molecular weight excluding hydrogens is 677 g/mol. The van der Waals surface area contributed by atoms with Gasteiger partial charge in [0.1, 0.15) is 5.75 Å². The highest BCUT2D eigenvalue weighted by Crippen LogP contribution is 2.48. The van der Waals surface area contributed by atoms with Gasteiger partial charge >= 0.3 is 0 Å². The number of nitrogens with one attached hydrogen (secondary N) is 1. The molecule has 2 aromatic heterocycles. The molecule has 0 spiro atoms. The Morgan fingerprint density at radius 1 is 1.02 bits per heavy atom. The number of rotatable bonds is 8. The van der Waals surface area contributed by atoms with E-state index in [-0.39, 0.29) is 17.5 Å². The lowest BCUT2D eigenvalue weighted by Gasteiger charge is -2.33. The van der Waals surface area contributed by atoms with Crippen molar-refractivity contribution in [1.82, 2.24) is 28.9 Å². The number of likely N-dealkylation sites (N-methyl/N-ethyl adjacent to an activating group) is 1. The molecule has 4 aliphatic rings. The molecule has 52 heavy (non-hydrogen) atoms. The monoisotopic (exact) mass is 724 g/mol. The molecule has 0 unspecified atom stereocenters. The summed E-state index contributed by atoms with van der Waals surface area (Å²) in [5.74, 6) is 0.416. The summed E-state index contributed by atoms with van der Waals surface area (Å²) in [5, 5.41) is 4.96. The third kappa shape index (κ3) is 5.74. The second-order valence-electron chi connectivity index (χ2n) is 15.2. The maximum Gasteiger partial charge on any atom is 0.264 e. The van der Waals surface area contributed by atoms with E-state index in [2.05, 4.69) is 44.4 Å². The number of fused-ring (bicyclic) bond motifs is 7. The highest BCUT2D eigenvalue weighted by molar-refractivity contribution is 7.90. The van der Waals surface area contributed by atoms with Crippen LogP contribution in [0.1, 0.15) is 103 Å². The van der Waals surface area contributed by atoms with Crippen LogP contribution in [0.2, 0.25) is 0 Å². The van der Waals surface area contributed by atoms with Crippen molar-refractivity contribution in [2.75, 3.05) is 26.7 Å². The maximum atomic E-state index is 14.4. The van der Waals surface area contributed by atoms with Crippen LogP contribution in [0.25, 0.3) is 33.8 Å². The Morgan fingerprint density at radius 2 is 1.81 bits per heavy atom. The van der Waals surface area contributed by atoms with Crippen molar-refractivity contribution in [2.24, 2.45) is 7.05 Å². The number of methoxy groups -OCH3 is 1. The van der Waals surface area contributed by atoms with Gasteiger partial charge in [0.15, 0.2) is 0 Å². The lowest BCUT2D eigenvalue weighted by molar-refractivity contribution is 0.0630. The van der Waals surface area contributed by atoms with Gasteiger partial charge in [0.25, 0.3) is 11.8 Å². The first-order chi connectivity index (χ1) is 25.0. The molecule has 5 heterocycles. The van der Waals surface area contributed by atoms with Gasteiger partial charge in [0.2, 0.25) is 10.0 Å². The highest BCUT2D eigenvalue weighted by Gasteiger charge is 2.45. The number of amides is 2. The zero-order valence-corrected chi connectivity index (χ0v) is 31.5. The average molecular weight is 725 g/mol. The van der Waals surface area contributed by atoms with Crippen LogP contribution in [0.4, 0.5) is 0 Å². The lowest BCUT2D eigenvalue weighted by atomic mass is 9.81. The largest absolute Gasteiger partial charge is 0.497 e. The minimum atomic E-state index is -3.83. The predicted octanol–water partition coefficient (Wildman–Crippen LogP) is 6.04. The fourth-order valence-corrected chi connectivity index (χ4v) is 9.76. The van der Waals surface area contributed by atoms with Crippen molar-refractivity contribution in [3.8, 4) is 17.0 Å². The molecule has 12 heteroatoms. The van der Waals surface area contributed by atoms with E-state index in [9.17, 15) is 18.0 Å². The third-order valence-corrected chi connectivity index (χ3v) is 13.6. The Bertz CT molecular complexity index is 2230. The van der Waals surface area contributed by atoms with Crippen molar-refractivity contribution in [3.63, 3.8) is 0 Å². The second kappa shape index (κ2) is 13.2. The van der Waals surface area contributed by atoms with Crippen LogP contribution in [0.15, 0.2) is 42.6 Å². The molecule has 3 fully saturated rings. The quantitative estimate of drug-likeness (QED) is 0.236. The Kier molecular flexibility index (Phi) is 8.81. The van der Waals surface area contributed by atoms with E-state index in [1.54, 1.807) is 37.9 Å². The number of aryl methyl sites for hydroxylation is 1. The summed E-state index contributed by atoms with van der Waals surface area (Å²) in [7, 11) is -0.272. The Morgan fingerprint density at radius 3 is 2.50 bits per heavy atom. The number of carbonyl (C=O) groups is 2. The summed E-state index contributed by atoms with van der Waals surface area (Å²) in [6.07, 6.45) is 10.5. The molecule has 1 saturated carbocycles. The van der Waals surface area contributed by atoms with Crippen LogP contribution in [-0.2, 0) is 23.6 Å². The van der Waals surface area contributed by atoms with E-state index >= 15 is 0 Å². The number of likely N-dealkylation sites (tertiary alicyclic amines) is 2. The summed E-state index contributed by atoms with van der Waals surface area (Å²) in [4.78, 5) is 32.4. The minimum Gasteiger partial charge on any atom is -0.497 e. The molecular formula is C40H48N6O5S. The second-order valence-corrected chi connectivity index (χ2v) is 17.4. The molecule has 11 nitrogen and oxygen atoms in total. The SMILES string of the molecule is CCN1C[C@@H]2C[C@@H]1CN2C(=O)c1cnn(C)c1C1=Cc2cc(OC)ccc2-c2c(C3CCCCC3)c3ccc(C(=O)NS(=O)(=O)C(C)C)cc3n2C1. The van der Waals surface area contributed by atoms with E-state index in [1.807, 2.05) is 30.1 Å². The Balaban J connectivity index is 1.30. The summed E-state index contributed by atoms with van der Waals surface area (Å²) >= 11 is 0. The average Bonchev–Trinajstić information content (AvgIpc) is 3.90. The number of carbonyl (C=O) groups excluding carboxylic acids is 2. The van der Waals surface area contributed by atoms with Crippen LogP contribution >= 0.6 is 0 Å². The number of hydrogen-bond acceptors (Lipinski definition) is 7. The Hall–Kier alpha value is -4.42. The van der Waals surface area contributed by atoms with Crippen molar-refractivity contribution in [3.05, 3.63) is 70.5 Å². The van der Waals surface area contributed by atoms with Gasteiger partial charge in [-0.05, 0) is 98.7 Å². The van der Waals surface area contributed by atoms with Gasteiger partial charge in [-0.1, -0.05) is 32.3 Å². The van der Waals surface area contributed by atoms with Crippen molar-refractivity contribution < 1.29 is 22.7 Å². The van der Waals surface area contributed by atoms with Crippen molar-refractivity contribution in [2.45, 2.75) is 89.1 Å². The van der Waals surface area contributed by atoms with Gasteiger partial charge < -0.3 is 14.2 Å². The molecule has 1 aliphatic carbocycles. The number of benzene rings is 2. The molecule has 2 saturated heterocycles. The molecule has 2 bridgehead atoms. The molecule has 1 N–H and O–H groups in total. The van der Waals surface area contributed by atoms with E-state index in [0.717, 1.165) is 96.5 Å². The number of ether oxygens (including phenoxy) is 1. The molecule has 2 atom stereocenters. The van der Waals surface area contributed by atoms with E-state index < -0.39 is 21.2 Å². The molecule has 4 aromatic rings. The standard InChI is InChI=1S/C40H48N6O5S/c1-6-44-22-30-19-29(44)23-45(30)40(48)34-20-41-43(4)37(34)28-16-27-17-31(51-5)13-15-32(27)38-36(25-10-8-7-9-11-25)33-14-12-26(18-35(33)46(38)21-28)39(47)42-52(49,50)24(2)3/h12-18,20,24-25,29-30H,6-11,19,21-23H2,1-5H3,(H,42,47)/t29-,30+/m1/s1. The fourth-order valence-electron chi connectivity index (χ4n) is 9.15. The van der Waals surface area contributed by atoms with E-state index in [1.165, 1.54) is 12.0 Å². The number of nitrogens with zero attached hydrogens (tertiary/aromatic N) is 5. The number of allylic oxidation sites excluding steroid dienone is 1. The highest BCUT2D eigenvalue weighted by atomic mass is 32.2. The molecule has 0 radical (unpaired) electrons. The normalized spacial score (nSPS) is 20.6.